The van der Waals surface area contributed by atoms with Crippen molar-refractivity contribution in [2.45, 2.75) is 78.5 Å². The molecule has 4 nitrogen and oxygen atoms in total. The van der Waals surface area contributed by atoms with Gasteiger partial charge in [-0.25, -0.2) is 0 Å². The van der Waals surface area contributed by atoms with Gasteiger partial charge in [0.1, 0.15) is 23.7 Å². The topological polar surface area (TPSA) is 36.9 Å². The maximum atomic E-state index is 6.40. The molecule has 0 heterocycles. The molecule has 0 aliphatic rings. The van der Waals surface area contributed by atoms with Gasteiger partial charge < -0.3 is 18.6 Å². The van der Waals surface area contributed by atoms with Crippen LogP contribution in [0, 0.1) is 5.92 Å². The van der Waals surface area contributed by atoms with Gasteiger partial charge in [0.25, 0.3) is 0 Å². The van der Waals surface area contributed by atoms with E-state index in [1.54, 1.807) is 7.11 Å². The molecule has 0 aliphatic heterocycles. The fraction of sp³-hybridized carbons (Fsp3) is 0.600. The summed E-state index contributed by atoms with van der Waals surface area (Å²) in [4.78, 5) is 0. The SMILES string of the molecule is C=C(O[C@@H](C(=C)C)[C@@H](C)CO[Si](C)(C)C(C)(C)C)[C@H](C)OCc1ccc(OC)cc1. The lowest BCUT2D eigenvalue weighted by molar-refractivity contribution is -0.00203. The average Bonchev–Trinajstić information content (AvgIpc) is 2.67. The minimum Gasteiger partial charge on any atom is -0.497 e. The second kappa shape index (κ2) is 11.2. The van der Waals surface area contributed by atoms with Gasteiger partial charge in [0.15, 0.2) is 8.32 Å². The molecule has 0 amide bonds. The fourth-order valence-electron chi connectivity index (χ4n) is 2.64. The minimum atomic E-state index is -1.81. The number of hydrogen-bond acceptors (Lipinski definition) is 4. The molecule has 0 aliphatic carbocycles. The Balaban J connectivity index is 2.63. The largest absolute Gasteiger partial charge is 0.497 e. The number of hydrogen-bond donors (Lipinski definition) is 0. The molecule has 0 fully saturated rings. The third-order valence-electron chi connectivity index (χ3n) is 5.91. The molecule has 0 saturated carbocycles. The molecule has 30 heavy (non-hydrogen) atoms. The Morgan fingerprint density at radius 3 is 2.10 bits per heavy atom. The highest BCUT2D eigenvalue weighted by Crippen LogP contribution is 2.37. The van der Waals surface area contributed by atoms with Gasteiger partial charge in [-0.2, -0.15) is 0 Å². The van der Waals surface area contributed by atoms with E-state index >= 15 is 0 Å². The normalized spacial score (nSPS) is 15.2. The van der Waals surface area contributed by atoms with Gasteiger partial charge in [-0.05, 0) is 55.2 Å². The Morgan fingerprint density at radius 1 is 1.07 bits per heavy atom. The Labute approximate surface area is 185 Å². The van der Waals surface area contributed by atoms with E-state index < -0.39 is 8.32 Å². The molecule has 5 heteroatoms. The lowest BCUT2D eigenvalue weighted by Gasteiger charge is -2.38. The van der Waals surface area contributed by atoms with E-state index in [0.29, 0.717) is 19.0 Å². The lowest BCUT2D eigenvalue weighted by atomic mass is 10.00. The number of rotatable bonds is 12. The molecule has 3 atom stereocenters. The molecule has 170 valence electrons. The van der Waals surface area contributed by atoms with E-state index in [-0.39, 0.29) is 23.2 Å². The Morgan fingerprint density at radius 2 is 1.63 bits per heavy atom. The minimum absolute atomic E-state index is 0.158. The van der Waals surface area contributed by atoms with E-state index in [2.05, 4.69) is 53.9 Å². The summed E-state index contributed by atoms with van der Waals surface area (Å²) >= 11 is 0. The summed E-state index contributed by atoms with van der Waals surface area (Å²) in [6, 6.07) is 7.84. The summed E-state index contributed by atoms with van der Waals surface area (Å²) in [6.45, 7) is 26.7. The van der Waals surface area contributed by atoms with Crippen LogP contribution in [0.3, 0.4) is 0 Å². The van der Waals surface area contributed by atoms with Gasteiger partial charge in [0.2, 0.25) is 0 Å². The van der Waals surface area contributed by atoms with E-state index in [0.717, 1.165) is 16.9 Å². The van der Waals surface area contributed by atoms with Crippen LogP contribution in [0.1, 0.15) is 47.1 Å². The summed E-state index contributed by atoms with van der Waals surface area (Å²) in [5.41, 5.74) is 2.04. The highest BCUT2D eigenvalue weighted by Gasteiger charge is 2.38. The zero-order chi connectivity index (χ0) is 23.1. The van der Waals surface area contributed by atoms with Crippen molar-refractivity contribution in [3.05, 3.63) is 54.3 Å². The van der Waals surface area contributed by atoms with Crippen LogP contribution in [0.4, 0.5) is 0 Å². The van der Waals surface area contributed by atoms with Crippen LogP contribution in [0.2, 0.25) is 18.1 Å². The van der Waals surface area contributed by atoms with E-state index in [9.17, 15) is 0 Å². The van der Waals surface area contributed by atoms with Gasteiger partial charge >= 0.3 is 0 Å². The van der Waals surface area contributed by atoms with Crippen molar-refractivity contribution in [1.82, 2.24) is 0 Å². The van der Waals surface area contributed by atoms with Crippen molar-refractivity contribution in [2.24, 2.45) is 5.92 Å². The summed E-state index contributed by atoms with van der Waals surface area (Å²) in [7, 11) is -0.150. The number of benzene rings is 1. The molecule has 0 unspecified atom stereocenters. The summed E-state index contributed by atoms with van der Waals surface area (Å²) in [5, 5.41) is 0.180. The molecule has 0 saturated heterocycles. The zero-order valence-corrected chi connectivity index (χ0v) is 21.5. The van der Waals surface area contributed by atoms with E-state index in [4.69, 9.17) is 18.6 Å². The van der Waals surface area contributed by atoms with Gasteiger partial charge in [0.05, 0.1) is 13.7 Å². The van der Waals surface area contributed by atoms with Gasteiger partial charge in [-0.15, -0.1) is 0 Å². The predicted molar refractivity (Wildman–Crippen MR) is 128 cm³/mol. The van der Waals surface area contributed by atoms with Crippen LogP contribution in [0.25, 0.3) is 0 Å². The Hall–Kier alpha value is -1.56. The molecule has 1 aromatic rings. The molecule has 0 N–H and O–H groups in total. The van der Waals surface area contributed by atoms with Crippen molar-refractivity contribution in [3.63, 3.8) is 0 Å². The molecule has 0 bridgehead atoms. The summed E-state index contributed by atoms with van der Waals surface area (Å²) < 4.78 is 23.8. The van der Waals surface area contributed by atoms with Crippen LogP contribution in [0.5, 0.6) is 5.75 Å². The Kier molecular flexibility index (Phi) is 9.85. The predicted octanol–water partition coefficient (Wildman–Crippen LogP) is 6.73. The maximum Gasteiger partial charge on any atom is 0.191 e. The standard InChI is InChI=1S/C25H42O4Si/c1-18(2)24(19(3)16-28-30(10,11)25(6,7)8)29-21(5)20(4)27-17-22-12-14-23(26-9)15-13-22/h12-15,19-20,24H,1,5,16-17H2,2-4,6-11H3/t19-,20-,24-/m0/s1. The highest BCUT2D eigenvalue weighted by molar-refractivity contribution is 6.74. The van der Waals surface area contributed by atoms with Crippen molar-refractivity contribution in [1.29, 1.82) is 0 Å². The zero-order valence-electron chi connectivity index (χ0n) is 20.5. The lowest BCUT2D eigenvalue weighted by Crippen LogP contribution is -2.43. The fourth-order valence-corrected chi connectivity index (χ4v) is 3.75. The van der Waals surface area contributed by atoms with Crippen LogP contribution in [-0.4, -0.2) is 34.2 Å². The monoisotopic (exact) mass is 434 g/mol. The van der Waals surface area contributed by atoms with Crippen LogP contribution in [0.15, 0.2) is 48.8 Å². The first-order valence-electron chi connectivity index (χ1n) is 10.7. The maximum absolute atomic E-state index is 6.40. The first-order chi connectivity index (χ1) is 13.8. The molecule has 0 aromatic heterocycles. The third-order valence-corrected chi connectivity index (χ3v) is 10.4. The molecule has 0 radical (unpaired) electrons. The molecule has 1 rings (SSSR count). The van der Waals surface area contributed by atoms with Crippen LogP contribution in [-0.2, 0) is 20.5 Å². The van der Waals surface area contributed by atoms with Gasteiger partial charge in [0, 0.05) is 12.5 Å². The van der Waals surface area contributed by atoms with Crippen LogP contribution < -0.4 is 4.74 Å². The van der Waals surface area contributed by atoms with E-state index in [1.165, 1.54) is 0 Å². The second-order valence-corrected chi connectivity index (χ2v) is 14.5. The first-order valence-corrected chi connectivity index (χ1v) is 13.6. The van der Waals surface area contributed by atoms with Crippen molar-refractivity contribution in [3.8, 4) is 5.75 Å². The van der Waals surface area contributed by atoms with Crippen LogP contribution >= 0.6 is 0 Å². The molecule has 1 aromatic carbocycles. The van der Waals surface area contributed by atoms with E-state index in [1.807, 2.05) is 38.1 Å². The molecular formula is C25H42O4Si. The van der Waals surface area contributed by atoms with Crippen molar-refractivity contribution < 1.29 is 18.6 Å². The van der Waals surface area contributed by atoms with Crippen molar-refractivity contribution in [2.75, 3.05) is 13.7 Å². The average molecular weight is 435 g/mol. The smallest absolute Gasteiger partial charge is 0.191 e. The van der Waals surface area contributed by atoms with Crippen molar-refractivity contribution >= 4 is 8.32 Å². The summed E-state index contributed by atoms with van der Waals surface area (Å²) in [6.07, 6.45) is -0.392. The molecule has 0 spiro atoms. The molecular weight excluding hydrogens is 392 g/mol. The van der Waals surface area contributed by atoms with Gasteiger partial charge in [-0.3, -0.25) is 0 Å². The van der Waals surface area contributed by atoms with Gasteiger partial charge in [-0.1, -0.05) is 53.0 Å². The summed E-state index contributed by atoms with van der Waals surface area (Å²) in [5.74, 6) is 1.61. The highest BCUT2D eigenvalue weighted by atomic mass is 28.4. The second-order valence-electron chi connectivity index (χ2n) is 9.70. The first kappa shape index (κ1) is 26.5. The Bertz CT molecular complexity index is 688. The number of methoxy groups -OCH3 is 1. The quantitative estimate of drug-likeness (QED) is 0.207. The third kappa shape index (κ3) is 7.93. The number of ether oxygens (including phenoxy) is 3.